The predicted octanol–water partition coefficient (Wildman–Crippen LogP) is 5.02. The quantitative estimate of drug-likeness (QED) is 0.557. The minimum absolute atomic E-state index is 0.274. The van der Waals surface area contributed by atoms with Crippen LogP contribution in [0.1, 0.15) is 36.0 Å². The maximum Gasteiger partial charge on any atom is 0.342 e. The third-order valence-electron chi connectivity index (χ3n) is 5.11. The summed E-state index contributed by atoms with van der Waals surface area (Å²) in [6.07, 6.45) is -0.891. The first-order valence-corrected chi connectivity index (χ1v) is 9.87. The number of rotatable bonds is 6. The van der Waals surface area contributed by atoms with Gasteiger partial charge in [-0.15, -0.1) is 0 Å². The van der Waals surface area contributed by atoms with Gasteiger partial charge in [-0.3, -0.25) is 0 Å². The van der Waals surface area contributed by atoms with Gasteiger partial charge in [0.15, 0.2) is 6.29 Å². The van der Waals surface area contributed by atoms with E-state index in [1.54, 1.807) is 6.92 Å². The fourth-order valence-corrected chi connectivity index (χ4v) is 3.76. The van der Waals surface area contributed by atoms with Gasteiger partial charge in [0.25, 0.3) is 0 Å². The summed E-state index contributed by atoms with van der Waals surface area (Å²) >= 11 is 0. The third-order valence-corrected chi connectivity index (χ3v) is 5.11. The third kappa shape index (κ3) is 3.95. The molecule has 0 unspecified atom stereocenters. The number of carbonyl (C=O) groups is 1. The van der Waals surface area contributed by atoms with Crippen LogP contribution in [0.4, 0.5) is 0 Å². The maximum absolute atomic E-state index is 13.3. The van der Waals surface area contributed by atoms with Gasteiger partial charge in [-0.25, -0.2) is 4.79 Å². The number of hydrogen-bond acceptors (Lipinski definition) is 4. The summed E-state index contributed by atoms with van der Waals surface area (Å²) in [4.78, 5) is 13.3. The molecule has 0 N–H and O–H groups in total. The van der Waals surface area contributed by atoms with Crippen molar-refractivity contribution in [1.82, 2.24) is 0 Å². The van der Waals surface area contributed by atoms with Crippen LogP contribution in [-0.2, 0) is 25.4 Å². The van der Waals surface area contributed by atoms with Gasteiger partial charge in [-0.1, -0.05) is 91.0 Å². The summed E-state index contributed by atoms with van der Waals surface area (Å²) in [7, 11) is 0. The highest BCUT2D eigenvalue weighted by molar-refractivity contribution is 5.82. The molecule has 0 aromatic heterocycles. The Balaban J connectivity index is 1.80. The highest BCUT2D eigenvalue weighted by Crippen LogP contribution is 2.49. The number of carbonyl (C=O) groups excluding carboxylic acids is 1. The molecule has 3 aromatic rings. The van der Waals surface area contributed by atoms with Crippen molar-refractivity contribution in [2.24, 2.45) is 0 Å². The maximum atomic E-state index is 13.3. The van der Waals surface area contributed by atoms with Gasteiger partial charge in [0.05, 0.1) is 6.61 Å². The second-order valence-electron chi connectivity index (χ2n) is 7.06. The van der Waals surface area contributed by atoms with Crippen LogP contribution in [0, 0.1) is 0 Å². The summed E-state index contributed by atoms with van der Waals surface area (Å²) in [5.74, 6) is -0.406. The molecule has 148 valence electrons. The van der Waals surface area contributed by atoms with E-state index in [1.165, 1.54) is 0 Å². The molecular weight excluding hydrogens is 364 g/mol. The fraction of sp³-hybridized carbons (Fsp3) is 0.240. The molecule has 4 heteroatoms. The van der Waals surface area contributed by atoms with Crippen LogP contribution in [-0.4, -0.2) is 18.2 Å². The number of esters is 1. The molecule has 3 aromatic carbocycles. The zero-order valence-corrected chi connectivity index (χ0v) is 16.4. The van der Waals surface area contributed by atoms with Crippen molar-refractivity contribution in [3.05, 3.63) is 108 Å². The van der Waals surface area contributed by atoms with Gasteiger partial charge in [0.1, 0.15) is 6.10 Å². The lowest BCUT2D eigenvalue weighted by Crippen LogP contribution is -2.46. The van der Waals surface area contributed by atoms with Crippen LogP contribution < -0.4 is 0 Å². The first-order chi connectivity index (χ1) is 14.2. The average Bonchev–Trinajstić information content (AvgIpc) is 3.16. The summed E-state index contributed by atoms with van der Waals surface area (Å²) in [5.41, 5.74) is 1.46. The Hall–Kier alpha value is -2.95. The van der Waals surface area contributed by atoms with Gasteiger partial charge in [-0.05, 0) is 18.1 Å². The van der Waals surface area contributed by atoms with Crippen molar-refractivity contribution in [1.29, 1.82) is 0 Å². The van der Waals surface area contributed by atoms with E-state index in [0.717, 1.165) is 16.7 Å². The number of hydrogen-bond donors (Lipinski definition) is 0. The van der Waals surface area contributed by atoms with Gasteiger partial charge in [-0.2, -0.15) is 0 Å². The zero-order valence-electron chi connectivity index (χ0n) is 16.4. The van der Waals surface area contributed by atoms with Gasteiger partial charge in [0.2, 0.25) is 5.60 Å². The number of benzene rings is 3. The molecule has 0 aliphatic carbocycles. The molecule has 0 bridgehead atoms. The lowest BCUT2D eigenvalue weighted by atomic mass is 9.85. The first kappa shape index (κ1) is 19.4. The van der Waals surface area contributed by atoms with E-state index in [4.69, 9.17) is 14.2 Å². The van der Waals surface area contributed by atoms with Crippen molar-refractivity contribution in [3.63, 3.8) is 0 Å². The Morgan fingerprint density at radius 2 is 1.41 bits per heavy atom. The van der Waals surface area contributed by atoms with E-state index in [2.05, 4.69) is 0 Å². The van der Waals surface area contributed by atoms with Crippen LogP contribution in [0.5, 0.6) is 0 Å². The van der Waals surface area contributed by atoms with E-state index in [9.17, 15) is 4.79 Å². The molecule has 0 spiro atoms. The number of ether oxygens (including phenoxy) is 3. The van der Waals surface area contributed by atoms with E-state index in [0.29, 0.717) is 6.42 Å². The molecule has 29 heavy (non-hydrogen) atoms. The zero-order chi connectivity index (χ0) is 20.1. The Bertz CT molecular complexity index is 927. The summed E-state index contributed by atoms with van der Waals surface area (Å²) in [6.45, 7) is 2.08. The van der Waals surface area contributed by atoms with Crippen molar-refractivity contribution in [2.45, 2.75) is 31.3 Å². The smallest absolute Gasteiger partial charge is 0.342 e. The monoisotopic (exact) mass is 388 g/mol. The molecule has 4 rings (SSSR count). The largest absolute Gasteiger partial charge is 0.464 e. The van der Waals surface area contributed by atoms with Crippen molar-refractivity contribution in [3.8, 4) is 0 Å². The van der Waals surface area contributed by atoms with Crippen molar-refractivity contribution < 1.29 is 19.0 Å². The summed E-state index contributed by atoms with van der Waals surface area (Å²) in [5, 5.41) is 0. The predicted molar refractivity (Wildman–Crippen MR) is 110 cm³/mol. The molecule has 1 aliphatic heterocycles. The Labute approximate surface area is 171 Å². The topological polar surface area (TPSA) is 44.8 Å². The molecule has 4 nitrogen and oxygen atoms in total. The van der Waals surface area contributed by atoms with Gasteiger partial charge >= 0.3 is 5.97 Å². The fourth-order valence-electron chi connectivity index (χ4n) is 3.76. The van der Waals surface area contributed by atoms with Crippen molar-refractivity contribution in [2.75, 3.05) is 6.61 Å². The van der Waals surface area contributed by atoms with Gasteiger partial charge < -0.3 is 14.2 Å². The molecule has 1 saturated heterocycles. The van der Waals surface area contributed by atoms with Crippen LogP contribution in [0.15, 0.2) is 91.0 Å². The molecule has 1 fully saturated rings. The van der Waals surface area contributed by atoms with E-state index < -0.39 is 24.0 Å². The lowest BCUT2D eigenvalue weighted by Gasteiger charge is -2.30. The second kappa shape index (κ2) is 8.60. The van der Waals surface area contributed by atoms with Crippen LogP contribution in [0.2, 0.25) is 0 Å². The molecule has 1 heterocycles. The van der Waals surface area contributed by atoms with E-state index >= 15 is 0 Å². The Kier molecular flexibility index (Phi) is 5.74. The van der Waals surface area contributed by atoms with Crippen molar-refractivity contribution >= 4 is 5.97 Å². The van der Waals surface area contributed by atoms with Crippen LogP contribution in [0.25, 0.3) is 0 Å². The highest BCUT2D eigenvalue weighted by atomic mass is 16.8. The molecule has 0 saturated carbocycles. The van der Waals surface area contributed by atoms with E-state index in [-0.39, 0.29) is 6.61 Å². The minimum Gasteiger partial charge on any atom is -0.464 e. The van der Waals surface area contributed by atoms with E-state index in [1.807, 2.05) is 91.0 Å². The second-order valence-corrected chi connectivity index (χ2v) is 7.06. The lowest BCUT2D eigenvalue weighted by molar-refractivity contribution is -0.173. The van der Waals surface area contributed by atoms with Crippen LogP contribution in [0.3, 0.4) is 0 Å². The average molecular weight is 388 g/mol. The molecule has 0 radical (unpaired) electrons. The summed E-state index contributed by atoms with van der Waals surface area (Å²) in [6, 6.07) is 29.3. The standard InChI is InChI=1S/C25H24O4/c1-2-27-24(26)25(18-19-12-6-3-7-13-19)22(20-14-8-4-9-15-20)28-23(29-25)21-16-10-5-11-17-21/h3-17,22-23H,2,18H2,1H3/t22-,23-,25-/m1/s1. The van der Waals surface area contributed by atoms with Crippen LogP contribution >= 0.6 is 0 Å². The molecule has 0 amide bonds. The molecular formula is C25H24O4. The summed E-state index contributed by atoms with van der Waals surface area (Å²) < 4.78 is 18.3. The Morgan fingerprint density at radius 3 is 2.00 bits per heavy atom. The Morgan fingerprint density at radius 1 is 0.862 bits per heavy atom. The molecule has 1 aliphatic rings. The SMILES string of the molecule is CCOC(=O)[C@]1(Cc2ccccc2)O[C@H](c2ccccc2)O[C@@H]1c1ccccc1. The first-order valence-electron chi connectivity index (χ1n) is 9.87. The van der Waals surface area contributed by atoms with Gasteiger partial charge in [0, 0.05) is 12.0 Å². The highest BCUT2D eigenvalue weighted by Gasteiger charge is 2.57. The minimum atomic E-state index is -1.28. The normalized spacial score (nSPS) is 23.6. The molecule has 3 atom stereocenters.